The normalized spacial score (nSPS) is 17.9. The molecule has 21 heavy (non-hydrogen) atoms. The second kappa shape index (κ2) is 4.48. The summed E-state index contributed by atoms with van der Waals surface area (Å²) in [6.07, 6.45) is 3.96. The van der Waals surface area contributed by atoms with Crippen LogP contribution in [0.15, 0.2) is 18.2 Å². The Balaban J connectivity index is 1.95. The number of hydrogen-bond donors (Lipinski definition) is 0. The van der Waals surface area contributed by atoms with E-state index >= 15 is 0 Å². The van der Waals surface area contributed by atoms with Crippen molar-refractivity contribution in [2.75, 3.05) is 0 Å². The molecule has 1 heterocycles. The Bertz CT molecular complexity index is 747. The van der Waals surface area contributed by atoms with Crippen LogP contribution < -0.4 is 0 Å². The number of benzene rings is 1. The molecule has 1 fully saturated rings. The fraction of sp³-hybridized carbons (Fsp3) is 0.375. The number of ketones is 1. The summed E-state index contributed by atoms with van der Waals surface area (Å²) in [6, 6.07) is 3.32. The van der Waals surface area contributed by atoms with Crippen LogP contribution in [-0.4, -0.2) is 15.6 Å². The molecule has 0 spiro atoms. The summed E-state index contributed by atoms with van der Waals surface area (Å²) in [5, 5.41) is 4.47. The van der Waals surface area contributed by atoms with Crippen LogP contribution in [0.5, 0.6) is 0 Å². The van der Waals surface area contributed by atoms with E-state index in [1.54, 1.807) is 0 Å². The van der Waals surface area contributed by atoms with E-state index < -0.39 is 11.6 Å². The molecule has 5 heteroatoms. The second-order valence-electron chi connectivity index (χ2n) is 5.77. The lowest BCUT2D eigenvalue weighted by molar-refractivity contribution is 0.0971. The first-order valence-electron chi connectivity index (χ1n) is 7.25. The minimum atomic E-state index is -0.526. The van der Waals surface area contributed by atoms with E-state index in [2.05, 4.69) is 5.10 Å². The highest BCUT2D eigenvalue weighted by Gasteiger charge is 2.36. The second-order valence-corrected chi connectivity index (χ2v) is 5.77. The van der Waals surface area contributed by atoms with Gasteiger partial charge in [0.25, 0.3) is 0 Å². The van der Waals surface area contributed by atoms with E-state index in [-0.39, 0.29) is 11.5 Å². The molecule has 0 bridgehead atoms. The van der Waals surface area contributed by atoms with Gasteiger partial charge in [-0.05, 0) is 37.8 Å². The first-order chi connectivity index (χ1) is 10.1. The summed E-state index contributed by atoms with van der Waals surface area (Å²) in [7, 11) is 0. The molecule has 0 radical (unpaired) electrons. The molecule has 0 saturated heterocycles. The van der Waals surface area contributed by atoms with Crippen LogP contribution in [0.2, 0.25) is 0 Å². The van der Waals surface area contributed by atoms with Crippen molar-refractivity contribution >= 4 is 5.78 Å². The van der Waals surface area contributed by atoms with E-state index in [9.17, 15) is 13.6 Å². The Morgan fingerprint density at radius 1 is 1.19 bits per heavy atom. The molecule has 0 unspecified atom stereocenters. The number of halogens is 2. The van der Waals surface area contributed by atoms with E-state index in [4.69, 9.17) is 0 Å². The van der Waals surface area contributed by atoms with Crippen molar-refractivity contribution < 1.29 is 13.6 Å². The van der Waals surface area contributed by atoms with Crippen LogP contribution in [0.3, 0.4) is 0 Å². The molecule has 3 nitrogen and oxygen atoms in total. The number of hydrogen-bond acceptors (Lipinski definition) is 2. The smallest absolute Gasteiger partial charge is 0.166 e. The monoisotopic (exact) mass is 288 g/mol. The zero-order valence-electron chi connectivity index (χ0n) is 11.4. The van der Waals surface area contributed by atoms with Gasteiger partial charge in [-0.2, -0.15) is 5.10 Å². The van der Waals surface area contributed by atoms with E-state index in [0.29, 0.717) is 24.3 Å². The van der Waals surface area contributed by atoms with Crippen LogP contribution in [-0.2, 0) is 6.42 Å². The maximum absolute atomic E-state index is 14.0. The van der Waals surface area contributed by atoms with Crippen molar-refractivity contribution in [3.05, 3.63) is 46.8 Å². The van der Waals surface area contributed by atoms with Crippen molar-refractivity contribution in [3.8, 4) is 5.69 Å². The van der Waals surface area contributed by atoms with E-state index in [1.807, 2.05) is 0 Å². The minimum absolute atomic E-state index is 0.0845. The molecule has 4 rings (SSSR count). The predicted octanol–water partition coefficient (Wildman–Crippen LogP) is 3.55. The topological polar surface area (TPSA) is 34.9 Å². The number of Topliss-reactive ketones (excluding diaryl/α,β-unsaturated/α-hetero) is 1. The third kappa shape index (κ3) is 1.99. The van der Waals surface area contributed by atoms with Crippen LogP contribution in [0.1, 0.15) is 53.3 Å². The Morgan fingerprint density at radius 2 is 2.00 bits per heavy atom. The summed E-state index contributed by atoms with van der Waals surface area (Å²) in [4.78, 5) is 12.2. The van der Waals surface area contributed by atoms with E-state index in [1.165, 1.54) is 4.68 Å². The van der Waals surface area contributed by atoms with Crippen LogP contribution in [0.4, 0.5) is 8.78 Å². The lowest BCUT2D eigenvalue weighted by Crippen LogP contribution is -2.14. The summed E-state index contributed by atoms with van der Waals surface area (Å²) < 4.78 is 28.9. The fourth-order valence-electron chi connectivity index (χ4n) is 3.04. The molecule has 0 atom stereocenters. The van der Waals surface area contributed by atoms with Gasteiger partial charge in [0, 0.05) is 18.4 Å². The zero-order valence-corrected chi connectivity index (χ0v) is 11.4. The van der Waals surface area contributed by atoms with Crippen LogP contribution in [0.25, 0.3) is 5.69 Å². The standard InChI is InChI=1S/C16H14F2N2O/c17-10-6-7-11(18)13(8-10)20-12-2-1-3-14(21)15(12)16(19-20)9-4-5-9/h6-9H,1-5H2. The van der Waals surface area contributed by atoms with Crippen molar-refractivity contribution in [2.24, 2.45) is 0 Å². The molecular weight excluding hydrogens is 274 g/mol. The van der Waals surface area contributed by atoms with Gasteiger partial charge in [-0.3, -0.25) is 4.79 Å². The summed E-state index contributed by atoms with van der Waals surface area (Å²) in [5.41, 5.74) is 2.26. The Hall–Kier alpha value is -2.04. The lowest BCUT2D eigenvalue weighted by atomic mass is 9.93. The largest absolute Gasteiger partial charge is 0.294 e. The number of nitrogens with zero attached hydrogens (tertiary/aromatic N) is 2. The average Bonchev–Trinajstić information content (AvgIpc) is 3.23. The zero-order chi connectivity index (χ0) is 14.6. The minimum Gasteiger partial charge on any atom is -0.294 e. The first-order valence-corrected chi connectivity index (χ1v) is 7.25. The van der Waals surface area contributed by atoms with Gasteiger partial charge in [0.05, 0.1) is 17.0 Å². The Labute approximate surface area is 120 Å². The first kappa shape index (κ1) is 12.7. The van der Waals surface area contributed by atoms with Gasteiger partial charge in [-0.15, -0.1) is 0 Å². The lowest BCUT2D eigenvalue weighted by Gasteiger charge is -2.14. The van der Waals surface area contributed by atoms with Crippen molar-refractivity contribution in [3.63, 3.8) is 0 Å². The predicted molar refractivity (Wildman–Crippen MR) is 72.7 cm³/mol. The molecule has 1 aromatic heterocycles. The molecule has 0 amide bonds. The third-order valence-corrected chi connectivity index (χ3v) is 4.20. The van der Waals surface area contributed by atoms with Gasteiger partial charge < -0.3 is 0 Å². The fourth-order valence-corrected chi connectivity index (χ4v) is 3.04. The quantitative estimate of drug-likeness (QED) is 0.847. The molecule has 108 valence electrons. The van der Waals surface area contributed by atoms with Gasteiger partial charge in [0.2, 0.25) is 0 Å². The maximum atomic E-state index is 14.0. The van der Waals surface area contributed by atoms with Gasteiger partial charge in [-0.25, -0.2) is 13.5 Å². The number of rotatable bonds is 2. The summed E-state index contributed by atoms with van der Waals surface area (Å²) in [6.45, 7) is 0. The summed E-state index contributed by atoms with van der Waals surface area (Å²) >= 11 is 0. The number of carbonyl (C=O) groups is 1. The Kier molecular flexibility index (Phi) is 2.71. The van der Waals surface area contributed by atoms with Crippen molar-refractivity contribution in [1.82, 2.24) is 9.78 Å². The van der Waals surface area contributed by atoms with Crippen LogP contribution >= 0.6 is 0 Å². The van der Waals surface area contributed by atoms with Gasteiger partial charge in [-0.1, -0.05) is 0 Å². The number of fused-ring (bicyclic) bond motifs is 1. The molecule has 2 aliphatic carbocycles. The van der Waals surface area contributed by atoms with Crippen molar-refractivity contribution in [1.29, 1.82) is 0 Å². The SMILES string of the molecule is O=C1CCCc2c1c(C1CC1)nn2-c1cc(F)ccc1F. The highest BCUT2D eigenvalue weighted by Crippen LogP contribution is 2.43. The highest BCUT2D eigenvalue weighted by molar-refractivity contribution is 5.99. The molecule has 0 N–H and O–H groups in total. The molecule has 2 aromatic rings. The van der Waals surface area contributed by atoms with Gasteiger partial charge >= 0.3 is 0 Å². The molecule has 0 aliphatic heterocycles. The van der Waals surface area contributed by atoms with Crippen LogP contribution in [0, 0.1) is 11.6 Å². The van der Waals surface area contributed by atoms with Gasteiger partial charge in [0.15, 0.2) is 5.78 Å². The van der Waals surface area contributed by atoms with Gasteiger partial charge in [0.1, 0.15) is 17.3 Å². The highest BCUT2D eigenvalue weighted by atomic mass is 19.1. The molecular formula is C16H14F2N2O. The maximum Gasteiger partial charge on any atom is 0.166 e. The Morgan fingerprint density at radius 3 is 2.76 bits per heavy atom. The molecule has 1 aromatic carbocycles. The molecule has 2 aliphatic rings. The molecule has 1 saturated carbocycles. The third-order valence-electron chi connectivity index (χ3n) is 4.20. The summed E-state index contributed by atoms with van der Waals surface area (Å²) in [5.74, 6) is -0.646. The average molecular weight is 288 g/mol. The van der Waals surface area contributed by atoms with E-state index in [0.717, 1.165) is 48.8 Å². The number of aromatic nitrogens is 2. The number of carbonyl (C=O) groups excluding carboxylic acids is 1. The van der Waals surface area contributed by atoms with Crippen molar-refractivity contribution in [2.45, 2.75) is 38.0 Å².